The molecule has 0 spiro atoms. The molecule has 2 aromatic carbocycles. The van der Waals surface area contributed by atoms with Crippen LogP contribution in [0.4, 0.5) is 0 Å². The SMILES string of the molecule is CCN1CCCC1CNC(=O)c1ccc(-c2nc(-c3ccccc3)no2)cc1. The summed E-state index contributed by atoms with van der Waals surface area (Å²) in [6.45, 7) is 5.02. The number of carbonyl (C=O) groups is 1. The van der Waals surface area contributed by atoms with Crippen LogP contribution >= 0.6 is 0 Å². The smallest absolute Gasteiger partial charge is 0.258 e. The number of nitrogens with one attached hydrogen (secondary N) is 1. The number of likely N-dealkylation sites (N-methyl/N-ethyl adjacent to an activating group) is 1. The summed E-state index contributed by atoms with van der Waals surface area (Å²) >= 11 is 0. The molecule has 2 heterocycles. The van der Waals surface area contributed by atoms with E-state index >= 15 is 0 Å². The summed E-state index contributed by atoms with van der Waals surface area (Å²) in [7, 11) is 0. The van der Waals surface area contributed by atoms with Gasteiger partial charge < -0.3 is 9.84 Å². The molecule has 0 radical (unpaired) electrons. The van der Waals surface area contributed by atoms with Crippen LogP contribution in [0.25, 0.3) is 22.8 Å². The first kappa shape index (κ1) is 18.4. The van der Waals surface area contributed by atoms with Crippen LogP contribution in [0.5, 0.6) is 0 Å². The minimum Gasteiger partial charge on any atom is -0.350 e. The van der Waals surface area contributed by atoms with Crippen molar-refractivity contribution in [1.82, 2.24) is 20.4 Å². The molecule has 1 N–H and O–H groups in total. The zero-order valence-corrected chi connectivity index (χ0v) is 16.0. The summed E-state index contributed by atoms with van der Waals surface area (Å²) in [6, 6.07) is 17.4. The van der Waals surface area contributed by atoms with Gasteiger partial charge in [0.2, 0.25) is 5.82 Å². The van der Waals surface area contributed by atoms with Crippen molar-refractivity contribution in [3.05, 3.63) is 60.2 Å². The largest absolute Gasteiger partial charge is 0.350 e. The van der Waals surface area contributed by atoms with Crippen molar-refractivity contribution in [2.45, 2.75) is 25.8 Å². The topological polar surface area (TPSA) is 71.3 Å². The average Bonchev–Trinajstić information content (AvgIpc) is 3.42. The van der Waals surface area contributed by atoms with E-state index in [-0.39, 0.29) is 5.91 Å². The molecule has 1 atom stereocenters. The molecule has 6 nitrogen and oxygen atoms in total. The maximum absolute atomic E-state index is 12.5. The molecule has 28 heavy (non-hydrogen) atoms. The number of rotatable bonds is 6. The highest BCUT2D eigenvalue weighted by molar-refractivity contribution is 5.94. The fraction of sp³-hybridized carbons (Fsp3) is 0.318. The Bertz CT molecular complexity index is 921. The minimum absolute atomic E-state index is 0.0509. The maximum atomic E-state index is 12.5. The van der Waals surface area contributed by atoms with Crippen LogP contribution in [-0.2, 0) is 0 Å². The Labute approximate surface area is 164 Å². The third-order valence-electron chi connectivity index (χ3n) is 5.26. The van der Waals surface area contributed by atoms with E-state index in [1.807, 2.05) is 42.5 Å². The van der Waals surface area contributed by atoms with Crippen molar-refractivity contribution in [3.8, 4) is 22.8 Å². The summed E-state index contributed by atoms with van der Waals surface area (Å²) in [5.74, 6) is 0.940. The quantitative estimate of drug-likeness (QED) is 0.711. The van der Waals surface area contributed by atoms with Gasteiger partial charge in [-0.1, -0.05) is 42.4 Å². The first-order chi connectivity index (χ1) is 13.7. The van der Waals surface area contributed by atoms with Crippen molar-refractivity contribution < 1.29 is 9.32 Å². The molecule has 1 aliphatic heterocycles. The summed E-state index contributed by atoms with van der Waals surface area (Å²) in [6.07, 6.45) is 2.35. The number of aromatic nitrogens is 2. The van der Waals surface area contributed by atoms with Gasteiger partial charge in [0.05, 0.1) is 0 Å². The van der Waals surface area contributed by atoms with Crippen molar-refractivity contribution in [3.63, 3.8) is 0 Å². The van der Waals surface area contributed by atoms with Crippen molar-refractivity contribution in [2.24, 2.45) is 0 Å². The zero-order chi connectivity index (χ0) is 19.3. The Morgan fingerprint density at radius 1 is 1.14 bits per heavy atom. The average molecular weight is 376 g/mol. The van der Waals surface area contributed by atoms with Gasteiger partial charge in [0, 0.05) is 29.3 Å². The molecular weight excluding hydrogens is 352 g/mol. The second kappa shape index (κ2) is 8.35. The Morgan fingerprint density at radius 2 is 1.93 bits per heavy atom. The molecule has 0 bridgehead atoms. The lowest BCUT2D eigenvalue weighted by molar-refractivity contribution is 0.0941. The highest BCUT2D eigenvalue weighted by atomic mass is 16.5. The summed E-state index contributed by atoms with van der Waals surface area (Å²) < 4.78 is 5.38. The second-order valence-electron chi connectivity index (χ2n) is 7.00. The van der Waals surface area contributed by atoms with Gasteiger partial charge in [-0.3, -0.25) is 9.69 Å². The van der Waals surface area contributed by atoms with E-state index in [0.717, 1.165) is 30.6 Å². The summed E-state index contributed by atoms with van der Waals surface area (Å²) in [5.41, 5.74) is 2.33. The molecule has 1 amide bonds. The standard InChI is InChI=1S/C22H24N4O2/c1-2-26-14-6-9-19(26)15-23-21(27)17-10-12-18(13-11-17)22-24-20(25-28-22)16-7-4-3-5-8-16/h3-5,7-8,10-13,19H,2,6,9,14-15H2,1H3,(H,23,27). The monoisotopic (exact) mass is 376 g/mol. The summed E-state index contributed by atoms with van der Waals surface area (Å²) in [5, 5.41) is 7.10. The fourth-order valence-corrected chi connectivity index (χ4v) is 3.66. The number of likely N-dealkylation sites (tertiary alicyclic amines) is 1. The van der Waals surface area contributed by atoms with Crippen molar-refractivity contribution >= 4 is 5.91 Å². The van der Waals surface area contributed by atoms with Crippen LogP contribution in [0, 0.1) is 0 Å². The predicted molar refractivity (Wildman–Crippen MR) is 108 cm³/mol. The van der Waals surface area contributed by atoms with Crippen molar-refractivity contribution in [1.29, 1.82) is 0 Å². The van der Waals surface area contributed by atoms with Gasteiger partial charge in [0.1, 0.15) is 0 Å². The maximum Gasteiger partial charge on any atom is 0.258 e. The molecule has 1 saturated heterocycles. The first-order valence-electron chi connectivity index (χ1n) is 9.76. The van der Waals surface area contributed by atoms with Gasteiger partial charge in [-0.25, -0.2) is 0 Å². The van der Waals surface area contributed by atoms with Crippen LogP contribution in [-0.4, -0.2) is 46.6 Å². The Morgan fingerprint density at radius 3 is 2.68 bits per heavy atom. The predicted octanol–water partition coefficient (Wildman–Crippen LogP) is 3.62. The minimum atomic E-state index is -0.0509. The first-order valence-corrected chi connectivity index (χ1v) is 9.76. The number of benzene rings is 2. The van der Waals surface area contributed by atoms with Gasteiger partial charge in [-0.15, -0.1) is 0 Å². The second-order valence-corrected chi connectivity index (χ2v) is 7.00. The Balaban J connectivity index is 1.40. The van der Waals surface area contributed by atoms with Crippen LogP contribution in [0.2, 0.25) is 0 Å². The van der Waals surface area contributed by atoms with E-state index in [2.05, 4.69) is 27.3 Å². The fourth-order valence-electron chi connectivity index (χ4n) is 3.66. The van der Waals surface area contributed by atoms with E-state index in [1.54, 1.807) is 12.1 Å². The lowest BCUT2D eigenvalue weighted by Gasteiger charge is -2.22. The molecule has 144 valence electrons. The molecule has 1 aromatic heterocycles. The van der Waals surface area contributed by atoms with E-state index in [9.17, 15) is 4.79 Å². The van der Waals surface area contributed by atoms with Crippen LogP contribution in [0.15, 0.2) is 59.1 Å². The Kier molecular flexibility index (Phi) is 5.48. The summed E-state index contributed by atoms with van der Waals surface area (Å²) in [4.78, 5) is 19.3. The third-order valence-corrected chi connectivity index (χ3v) is 5.26. The molecule has 1 aliphatic rings. The van der Waals surface area contributed by atoms with Gasteiger partial charge in [0.15, 0.2) is 0 Å². The highest BCUT2D eigenvalue weighted by Crippen LogP contribution is 2.22. The van der Waals surface area contributed by atoms with Crippen molar-refractivity contribution in [2.75, 3.05) is 19.6 Å². The third kappa shape index (κ3) is 3.97. The van der Waals surface area contributed by atoms with Gasteiger partial charge in [0.25, 0.3) is 11.8 Å². The van der Waals surface area contributed by atoms with Crippen LogP contribution in [0.1, 0.15) is 30.1 Å². The zero-order valence-electron chi connectivity index (χ0n) is 16.0. The number of amides is 1. The van der Waals surface area contributed by atoms with E-state index in [4.69, 9.17) is 4.52 Å². The molecule has 4 rings (SSSR count). The van der Waals surface area contributed by atoms with E-state index in [0.29, 0.717) is 29.9 Å². The highest BCUT2D eigenvalue weighted by Gasteiger charge is 2.23. The van der Waals surface area contributed by atoms with Crippen LogP contribution in [0.3, 0.4) is 0 Å². The van der Waals surface area contributed by atoms with Gasteiger partial charge >= 0.3 is 0 Å². The molecule has 1 fully saturated rings. The van der Waals surface area contributed by atoms with Gasteiger partial charge in [-0.2, -0.15) is 4.98 Å². The molecule has 0 aliphatic carbocycles. The van der Waals surface area contributed by atoms with E-state index in [1.165, 1.54) is 6.42 Å². The Hall–Kier alpha value is -2.99. The van der Waals surface area contributed by atoms with Crippen LogP contribution < -0.4 is 5.32 Å². The van der Waals surface area contributed by atoms with Gasteiger partial charge in [-0.05, 0) is 50.2 Å². The number of carbonyl (C=O) groups excluding carboxylic acids is 1. The molecule has 0 saturated carbocycles. The lowest BCUT2D eigenvalue weighted by Crippen LogP contribution is -2.40. The normalized spacial score (nSPS) is 17.0. The van der Waals surface area contributed by atoms with E-state index < -0.39 is 0 Å². The molecule has 1 unspecified atom stereocenters. The lowest BCUT2D eigenvalue weighted by atomic mass is 10.1. The molecule has 6 heteroatoms. The number of nitrogens with zero attached hydrogens (tertiary/aromatic N) is 3. The number of hydrogen-bond acceptors (Lipinski definition) is 5. The molecular formula is C22H24N4O2. The molecule has 3 aromatic rings. The number of hydrogen-bond donors (Lipinski definition) is 1.